The Hall–Kier alpha value is -2.21. The number of pyridine rings is 1. The minimum Gasteiger partial charge on any atom is -0.493 e. The van der Waals surface area contributed by atoms with Gasteiger partial charge in [0.25, 0.3) is 0 Å². The Bertz CT molecular complexity index is 868. The first-order valence-electron chi connectivity index (χ1n) is 10.6. The molecule has 29 heavy (non-hydrogen) atoms. The molecular formula is C23H30N4OS. The molecule has 0 N–H and O–H groups in total. The van der Waals surface area contributed by atoms with Crippen LogP contribution in [0.2, 0.25) is 0 Å². The lowest BCUT2D eigenvalue weighted by molar-refractivity contribution is 0.292. The number of thioether (sulfide) groups is 1. The van der Waals surface area contributed by atoms with E-state index >= 15 is 0 Å². The third kappa shape index (κ3) is 3.82. The van der Waals surface area contributed by atoms with E-state index in [0.29, 0.717) is 11.9 Å². The lowest BCUT2D eigenvalue weighted by Crippen LogP contribution is -2.29. The number of fused-ring (bicyclic) bond motifs is 1. The summed E-state index contributed by atoms with van der Waals surface area (Å²) in [6, 6.07) is 12.9. The molecule has 2 aliphatic heterocycles. The summed E-state index contributed by atoms with van der Waals surface area (Å²) in [5, 5.41) is 1.68. The maximum Gasteiger partial charge on any atom is 0.160 e. The summed E-state index contributed by atoms with van der Waals surface area (Å²) in [6.45, 7) is 12.3. The van der Waals surface area contributed by atoms with Crippen LogP contribution < -0.4 is 9.64 Å². The Morgan fingerprint density at radius 1 is 1.17 bits per heavy atom. The molecule has 1 saturated heterocycles. The van der Waals surface area contributed by atoms with Gasteiger partial charge in [-0.15, -0.1) is 0 Å². The van der Waals surface area contributed by atoms with Gasteiger partial charge in [0.15, 0.2) is 5.17 Å². The van der Waals surface area contributed by atoms with E-state index in [0.717, 1.165) is 36.2 Å². The molecule has 1 aromatic heterocycles. The molecule has 0 saturated carbocycles. The van der Waals surface area contributed by atoms with Crippen molar-refractivity contribution < 1.29 is 4.74 Å². The van der Waals surface area contributed by atoms with Crippen molar-refractivity contribution in [2.24, 2.45) is 4.99 Å². The first-order valence-corrected chi connectivity index (χ1v) is 11.5. The van der Waals surface area contributed by atoms with Crippen molar-refractivity contribution in [3.05, 3.63) is 53.9 Å². The van der Waals surface area contributed by atoms with Crippen molar-refractivity contribution in [3.8, 4) is 5.75 Å². The zero-order chi connectivity index (χ0) is 20.4. The van der Waals surface area contributed by atoms with Gasteiger partial charge >= 0.3 is 0 Å². The average molecular weight is 411 g/mol. The second-order valence-corrected chi connectivity index (χ2v) is 8.87. The highest BCUT2D eigenvalue weighted by Gasteiger charge is 2.44. The predicted octanol–water partition coefficient (Wildman–Crippen LogP) is 4.92. The fourth-order valence-electron chi connectivity index (χ4n) is 4.29. The first-order chi connectivity index (χ1) is 14.2. The standard InChI is InChI=1S/C23H30N4OS/c1-5-26(6-2)17-11-12-18(20(14-17)28-7-3)22-21(19-10-8-9-13-24-19)25-23-27(22)15-16(4)29-23/h8-14,16,21-22H,5-7,15H2,1-4H3/t16-,21-,22-/m0/s1. The van der Waals surface area contributed by atoms with Crippen LogP contribution in [-0.4, -0.2) is 46.5 Å². The van der Waals surface area contributed by atoms with E-state index in [2.05, 4.69) is 66.7 Å². The van der Waals surface area contributed by atoms with Crippen molar-refractivity contribution in [3.63, 3.8) is 0 Å². The number of ether oxygens (including phenoxy) is 1. The van der Waals surface area contributed by atoms with Gasteiger partial charge in [0, 0.05) is 48.4 Å². The van der Waals surface area contributed by atoms with E-state index < -0.39 is 0 Å². The van der Waals surface area contributed by atoms with Crippen molar-refractivity contribution in [1.29, 1.82) is 0 Å². The minimum absolute atomic E-state index is 0.00953. The van der Waals surface area contributed by atoms with Crippen LogP contribution in [0.25, 0.3) is 0 Å². The molecular weight excluding hydrogens is 380 g/mol. The molecule has 5 nitrogen and oxygen atoms in total. The number of nitrogens with zero attached hydrogens (tertiary/aromatic N) is 4. The van der Waals surface area contributed by atoms with E-state index in [1.54, 1.807) is 0 Å². The van der Waals surface area contributed by atoms with Crippen LogP contribution in [0.5, 0.6) is 5.75 Å². The Labute approximate surface area is 178 Å². The highest BCUT2D eigenvalue weighted by molar-refractivity contribution is 8.14. The SMILES string of the molecule is CCOc1cc(N(CC)CC)ccc1[C@H]1[C@H](c2ccccn2)N=C2S[C@@H](C)CN21. The molecule has 6 heteroatoms. The van der Waals surface area contributed by atoms with Gasteiger partial charge in [-0.3, -0.25) is 9.98 Å². The average Bonchev–Trinajstić information content (AvgIpc) is 3.26. The molecule has 3 atom stereocenters. The van der Waals surface area contributed by atoms with Gasteiger partial charge in [0.05, 0.1) is 18.3 Å². The maximum atomic E-state index is 6.16. The Morgan fingerprint density at radius 3 is 2.69 bits per heavy atom. The van der Waals surface area contributed by atoms with Crippen LogP contribution in [-0.2, 0) is 0 Å². The van der Waals surface area contributed by atoms with Gasteiger partial charge in [-0.05, 0) is 39.0 Å². The topological polar surface area (TPSA) is 41.0 Å². The summed E-state index contributed by atoms with van der Waals surface area (Å²) < 4.78 is 6.16. The third-order valence-electron chi connectivity index (χ3n) is 5.63. The number of benzene rings is 1. The lowest BCUT2D eigenvalue weighted by Gasteiger charge is -2.30. The third-order valence-corrected chi connectivity index (χ3v) is 6.73. The van der Waals surface area contributed by atoms with Gasteiger partial charge in [-0.1, -0.05) is 30.8 Å². The van der Waals surface area contributed by atoms with E-state index in [9.17, 15) is 0 Å². The second kappa shape index (κ2) is 8.66. The zero-order valence-corrected chi connectivity index (χ0v) is 18.5. The van der Waals surface area contributed by atoms with Gasteiger partial charge in [0.2, 0.25) is 0 Å². The van der Waals surface area contributed by atoms with Gasteiger partial charge in [0.1, 0.15) is 11.8 Å². The monoisotopic (exact) mass is 410 g/mol. The van der Waals surface area contributed by atoms with E-state index in [-0.39, 0.29) is 12.1 Å². The molecule has 1 fully saturated rings. The summed E-state index contributed by atoms with van der Waals surface area (Å²) in [6.07, 6.45) is 1.86. The van der Waals surface area contributed by atoms with Gasteiger partial charge in [-0.2, -0.15) is 0 Å². The summed E-state index contributed by atoms with van der Waals surface area (Å²) in [4.78, 5) is 14.5. The normalized spacial score (nSPS) is 23.1. The quantitative estimate of drug-likeness (QED) is 0.648. The second-order valence-electron chi connectivity index (χ2n) is 7.46. The first kappa shape index (κ1) is 20.1. The van der Waals surface area contributed by atoms with Gasteiger partial charge < -0.3 is 14.5 Å². The molecule has 0 amide bonds. The molecule has 3 heterocycles. The molecule has 1 aromatic carbocycles. The molecule has 0 aliphatic carbocycles. The zero-order valence-electron chi connectivity index (χ0n) is 17.7. The molecule has 4 rings (SSSR count). The Balaban J connectivity index is 1.78. The fraction of sp³-hybridized carbons (Fsp3) is 0.478. The number of aliphatic imine (C=N–C) groups is 1. The summed E-state index contributed by atoms with van der Waals surface area (Å²) >= 11 is 1.87. The summed E-state index contributed by atoms with van der Waals surface area (Å²) in [7, 11) is 0. The van der Waals surface area contributed by atoms with Gasteiger partial charge in [-0.25, -0.2) is 0 Å². The van der Waals surface area contributed by atoms with Crippen LogP contribution in [0.3, 0.4) is 0 Å². The molecule has 0 radical (unpaired) electrons. The van der Waals surface area contributed by atoms with Crippen molar-refractivity contribution in [2.45, 2.75) is 45.0 Å². The fourth-order valence-corrected chi connectivity index (χ4v) is 5.38. The van der Waals surface area contributed by atoms with Crippen LogP contribution in [0, 0.1) is 0 Å². The largest absolute Gasteiger partial charge is 0.493 e. The Kier molecular flexibility index (Phi) is 5.99. The number of aromatic nitrogens is 1. The Morgan fingerprint density at radius 2 is 2.00 bits per heavy atom. The number of hydrogen-bond donors (Lipinski definition) is 0. The summed E-state index contributed by atoms with van der Waals surface area (Å²) in [5.74, 6) is 0.962. The number of amidine groups is 1. The van der Waals surface area contributed by atoms with Crippen LogP contribution in [0.1, 0.15) is 51.0 Å². The van der Waals surface area contributed by atoms with Crippen molar-refractivity contribution >= 4 is 22.6 Å². The smallest absolute Gasteiger partial charge is 0.160 e. The molecule has 2 aromatic rings. The van der Waals surface area contributed by atoms with E-state index in [1.165, 1.54) is 11.3 Å². The molecule has 2 aliphatic rings. The molecule has 0 unspecified atom stereocenters. The van der Waals surface area contributed by atoms with Crippen LogP contribution >= 0.6 is 11.8 Å². The molecule has 0 spiro atoms. The van der Waals surface area contributed by atoms with Crippen LogP contribution in [0.4, 0.5) is 5.69 Å². The summed E-state index contributed by atoms with van der Waals surface area (Å²) in [5.41, 5.74) is 3.43. The number of anilines is 1. The highest BCUT2D eigenvalue weighted by atomic mass is 32.2. The lowest BCUT2D eigenvalue weighted by atomic mass is 9.95. The van der Waals surface area contributed by atoms with Crippen molar-refractivity contribution in [1.82, 2.24) is 9.88 Å². The molecule has 154 valence electrons. The highest BCUT2D eigenvalue weighted by Crippen LogP contribution is 2.50. The maximum absolute atomic E-state index is 6.16. The van der Waals surface area contributed by atoms with E-state index in [1.807, 2.05) is 30.1 Å². The van der Waals surface area contributed by atoms with E-state index in [4.69, 9.17) is 9.73 Å². The minimum atomic E-state index is -0.00953. The van der Waals surface area contributed by atoms with Crippen molar-refractivity contribution in [2.75, 3.05) is 31.1 Å². The number of hydrogen-bond acceptors (Lipinski definition) is 6. The predicted molar refractivity (Wildman–Crippen MR) is 122 cm³/mol. The molecule has 0 bridgehead atoms. The van der Waals surface area contributed by atoms with Crippen LogP contribution in [0.15, 0.2) is 47.6 Å². The number of rotatable bonds is 7.